The van der Waals surface area contributed by atoms with Crippen LogP contribution in [0.2, 0.25) is 0 Å². The monoisotopic (exact) mass is 326 g/mol. The predicted octanol–water partition coefficient (Wildman–Crippen LogP) is 2.65. The van der Waals surface area contributed by atoms with Crippen LogP contribution in [0.25, 0.3) is 0 Å². The van der Waals surface area contributed by atoms with Gasteiger partial charge in [0, 0.05) is 25.8 Å². The first-order chi connectivity index (χ1) is 11.7. The number of aromatic nitrogens is 2. The van der Waals surface area contributed by atoms with Gasteiger partial charge in [-0.1, -0.05) is 6.08 Å². The summed E-state index contributed by atoms with van der Waals surface area (Å²) in [6.07, 6.45) is 4.50. The molecule has 24 heavy (non-hydrogen) atoms. The molecule has 3 rings (SSSR count). The topological polar surface area (TPSA) is 59.5 Å². The van der Waals surface area contributed by atoms with E-state index in [0.29, 0.717) is 6.54 Å². The van der Waals surface area contributed by atoms with E-state index in [1.165, 1.54) is 11.1 Å². The molecule has 0 radical (unpaired) electrons. The highest BCUT2D eigenvalue weighted by Gasteiger charge is 2.21. The van der Waals surface area contributed by atoms with E-state index in [4.69, 9.17) is 9.47 Å². The number of nitrogens with one attached hydrogen (secondary N) is 1. The van der Waals surface area contributed by atoms with E-state index in [0.717, 1.165) is 42.8 Å². The van der Waals surface area contributed by atoms with Crippen molar-refractivity contribution in [3.63, 3.8) is 0 Å². The third-order valence-electron chi connectivity index (χ3n) is 4.07. The molecule has 0 atom stereocenters. The first-order valence-electron chi connectivity index (χ1n) is 7.91. The molecule has 1 aromatic carbocycles. The van der Waals surface area contributed by atoms with Crippen LogP contribution in [-0.4, -0.2) is 37.3 Å². The lowest BCUT2D eigenvalue weighted by Gasteiger charge is -2.29. The van der Waals surface area contributed by atoms with Crippen LogP contribution in [0.1, 0.15) is 11.1 Å². The summed E-state index contributed by atoms with van der Waals surface area (Å²) in [4.78, 5) is 11.2. The van der Waals surface area contributed by atoms with Crippen LogP contribution in [0.5, 0.6) is 11.5 Å². The highest BCUT2D eigenvalue weighted by molar-refractivity contribution is 5.51. The van der Waals surface area contributed by atoms with Gasteiger partial charge in [-0.05, 0) is 35.7 Å². The van der Waals surface area contributed by atoms with E-state index in [9.17, 15) is 0 Å². The Labute approximate surface area is 142 Å². The molecule has 2 heterocycles. The molecule has 1 aliphatic rings. The minimum atomic E-state index is 0.677. The van der Waals surface area contributed by atoms with E-state index >= 15 is 0 Å². The van der Waals surface area contributed by atoms with E-state index in [1.54, 1.807) is 26.5 Å². The van der Waals surface area contributed by atoms with Crippen LogP contribution in [-0.2, 0) is 13.0 Å². The maximum Gasteiger partial charge on any atom is 0.227 e. The van der Waals surface area contributed by atoms with Crippen molar-refractivity contribution < 1.29 is 9.47 Å². The molecular formula is C18H22N4O2. The Morgan fingerprint density at radius 2 is 2.00 bits per heavy atom. The van der Waals surface area contributed by atoms with Crippen molar-refractivity contribution in [1.82, 2.24) is 9.97 Å². The van der Waals surface area contributed by atoms with E-state index in [1.807, 2.05) is 12.1 Å². The normalized spacial score (nSPS) is 13.2. The molecule has 0 amide bonds. The SMILES string of the molecule is C=CCNc1ccnc(N2CCc3cc(OC)c(OC)cc3C2)n1. The maximum atomic E-state index is 5.41. The average molecular weight is 326 g/mol. The second-order valence-electron chi connectivity index (χ2n) is 5.56. The Morgan fingerprint density at radius 3 is 2.71 bits per heavy atom. The maximum absolute atomic E-state index is 5.41. The quantitative estimate of drug-likeness (QED) is 0.824. The molecular weight excluding hydrogens is 304 g/mol. The van der Waals surface area contributed by atoms with Gasteiger partial charge in [0.2, 0.25) is 5.95 Å². The zero-order valence-electron chi connectivity index (χ0n) is 14.1. The minimum Gasteiger partial charge on any atom is -0.493 e. The molecule has 1 N–H and O–H groups in total. The number of nitrogens with zero attached hydrogens (tertiary/aromatic N) is 3. The molecule has 0 saturated carbocycles. The van der Waals surface area contributed by atoms with Crippen molar-refractivity contribution >= 4 is 11.8 Å². The Kier molecular flexibility index (Phi) is 4.84. The standard InChI is InChI=1S/C18H22N4O2/c1-4-7-19-17-5-8-20-18(21-17)22-9-6-13-10-15(23-2)16(24-3)11-14(13)12-22/h4-5,8,10-11H,1,6-7,9,12H2,2-3H3,(H,19,20,21). The van der Waals surface area contributed by atoms with Crippen molar-refractivity contribution in [3.05, 3.63) is 48.2 Å². The molecule has 6 heteroatoms. The lowest BCUT2D eigenvalue weighted by molar-refractivity contribution is 0.353. The summed E-state index contributed by atoms with van der Waals surface area (Å²) >= 11 is 0. The summed E-state index contributed by atoms with van der Waals surface area (Å²) in [5, 5.41) is 3.19. The third kappa shape index (κ3) is 3.27. The molecule has 0 unspecified atom stereocenters. The van der Waals surface area contributed by atoms with E-state index < -0.39 is 0 Å². The fraction of sp³-hybridized carbons (Fsp3) is 0.333. The zero-order chi connectivity index (χ0) is 16.9. The number of hydrogen-bond acceptors (Lipinski definition) is 6. The van der Waals surface area contributed by atoms with Gasteiger partial charge in [0.25, 0.3) is 0 Å². The van der Waals surface area contributed by atoms with Gasteiger partial charge >= 0.3 is 0 Å². The van der Waals surface area contributed by atoms with Gasteiger partial charge < -0.3 is 19.7 Å². The van der Waals surface area contributed by atoms with Gasteiger partial charge in [-0.2, -0.15) is 4.98 Å². The fourth-order valence-electron chi connectivity index (χ4n) is 2.83. The van der Waals surface area contributed by atoms with Gasteiger partial charge in [-0.3, -0.25) is 0 Å². The second-order valence-corrected chi connectivity index (χ2v) is 5.56. The largest absolute Gasteiger partial charge is 0.493 e. The predicted molar refractivity (Wildman–Crippen MR) is 95.0 cm³/mol. The summed E-state index contributed by atoms with van der Waals surface area (Å²) < 4.78 is 10.8. The Hall–Kier alpha value is -2.76. The Bertz CT molecular complexity index is 733. The van der Waals surface area contributed by atoms with E-state index in [-0.39, 0.29) is 0 Å². The van der Waals surface area contributed by atoms with Crippen molar-refractivity contribution in [2.75, 3.05) is 37.5 Å². The van der Waals surface area contributed by atoms with Gasteiger partial charge in [0.05, 0.1) is 14.2 Å². The molecule has 126 valence electrons. The van der Waals surface area contributed by atoms with Crippen molar-refractivity contribution in [2.24, 2.45) is 0 Å². The highest BCUT2D eigenvalue weighted by atomic mass is 16.5. The van der Waals surface area contributed by atoms with E-state index in [2.05, 4.69) is 32.8 Å². The number of rotatable bonds is 6. The molecule has 0 fully saturated rings. The van der Waals surface area contributed by atoms with Crippen LogP contribution in [0.15, 0.2) is 37.1 Å². The summed E-state index contributed by atoms with van der Waals surface area (Å²) in [5.74, 6) is 3.06. The number of benzene rings is 1. The van der Waals surface area contributed by atoms with Crippen LogP contribution in [0, 0.1) is 0 Å². The molecule has 1 aromatic heterocycles. The number of anilines is 2. The molecule has 1 aliphatic heterocycles. The van der Waals surface area contributed by atoms with Crippen LogP contribution in [0.3, 0.4) is 0 Å². The number of hydrogen-bond donors (Lipinski definition) is 1. The van der Waals surface area contributed by atoms with Crippen molar-refractivity contribution in [2.45, 2.75) is 13.0 Å². The first kappa shape index (κ1) is 16.1. The van der Waals surface area contributed by atoms with Crippen molar-refractivity contribution in [1.29, 1.82) is 0 Å². The van der Waals surface area contributed by atoms with Gasteiger partial charge in [-0.25, -0.2) is 4.98 Å². The van der Waals surface area contributed by atoms with Crippen molar-refractivity contribution in [3.8, 4) is 11.5 Å². The fourth-order valence-corrected chi connectivity index (χ4v) is 2.83. The molecule has 0 bridgehead atoms. The second kappa shape index (κ2) is 7.21. The summed E-state index contributed by atoms with van der Waals surface area (Å²) in [7, 11) is 3.32. The molecule has 0 aliphatic carbocycles. The Morgan fingerprint density at radius 1 is 1.25 bits per heavy atom. The van der Waals surface area contributed by atoms with Crippen LogP contribution < -0.4 is 19.7 Å². The number of methoxy groups -OCH3 is 2. The summed E-state index contributed by atoms with van der Waals surface area (Å²) in [5.41, 5.74) is 2.50. The Balaban J connectivity index is 1.83. The molecule has 0 spiro atoms. The summed E-state index contributed by atoms with van der Waals surface area (Å²) in [6.45, 7) is 6.00. The highest BCUT2D eigenvalue weighted by Crippen LogP contribution is 2.33. The van der Waals surface area contributed by atoms with Crippen LogP contribution >= 0.6 is 0 Å². The lowest BCUT2D eigenvalue weighted by Crippen LogP contribution is -2.32. The molecule has 0 saturated heterocycles. The van der Waals surface area contributed by atoms with Gasteiger partial charge in [0.1, 0.15) is 5.82 Å². The van der Waals surface area contributed by atoms with Gasteiger partial charge in [-0.15, -0.1) is 6.58 Å². The molecule has 6 nitrogen and oxygen atoms in total. The first-order valence-corrected chi connectivity index (χ1v) is 7.91. The zero-order valence-corrected chi connectivity index (χ0v) is 14.1. The third-order valence-corrected chi connectivity index (χ3v) is 4.07. The van der Waals surface area contributed by atoms with Crippen LogP contribution in [0.4, 0.5) is 11.8 Å². The smallest absolute Gasteiger partial charge is 0.227 e. The summed E-state index contributed by atoms with van der Waals surface area (Å²) in [6, 6.07) is 5.97. The number of ether oxygens (including phenoxy) is 2. The van der Waals surface area contributed by atoms with Gasteiger partial charge in [0.15, 0.2) is 11.5 Å². The average Bonchev–Trinajstić information content (AvgIpc) is 2.64. The molecule has 2 aromatic rings. The number of fused-ring (bicyclic) bond motifs is 1. The lowest BCUT2D eigenvalue weighted by atomic mass is 9.99. The minimum absolute atomic E-state index is 0.677.